The summed E-state index contributed by atoms with van der Waals surface area (Å²) >= 11 is 0. The highest BCUT2D eigenvalue weighted by molar-refractivity contribution is 5.98. The highest BCUT2D eigenvalue weighted by Crippen LogP contribution is 2.14. The molecule has 120 valence electrons. The van der Waals surface area contributed by atoms with Crippen LogP contribution in [0.25, 0.3) is 0 Å². The van der Waals surface area contributed by atoms with Crippen molar-refractivity contribution >= 4 is 11.7 Å². The molecule has 0 saturated carbocycles. The summed E-state index contributed by atoms with van der Waals surface area (Å²) in [6.07, 6.45) is 1.72. The monoisotopic (exact) mass is 314 g/mol. The molecule has 1 unspecified atom stereocenters. The largest absolute Gasteiger partial charge is 0.340 e. The van der Waals surface area contributed by atoms with Gasteiger partial charge in [0.25, 0.3) is 0 Å². The number of Topliss-reactive ketones (excluding diaryl/α,β-unsaturated/α-hetero) is 1. The zero-order chi connectivity index (χ0) is 16.8. The maximum atomic E-state index is 13.2. The summed E-state index contributed by atoms with van der Waals surface area (Å²) in [5, 5.41) is 0. The van der Waals surface area contributed by atoms with Crippen LogP contribution in [0.15, 0.2) is 48.7 Å². The van der Waals surface area contributed by atoms with E-state index in [1.165, 1.54) is 18.2 Å². The standard InChI is InChI=1S/C18H19FN2O2/c1-13(10-17(22)14-6-5-7-15(19)11-14)18(23)21(2)12-16-8-3-4-9-20-16/h3-9,11,13H,10,12H2,1-2H3. The molecule has 23 heavy (non-hydrogen) atoms. The van der Waals surface area contributed by atoms with Crippen molar-refractivity contribution in [3.63, 3.8) is 0 Å². The Morgan fingerprint density at radius 2 is 2.00 bits per heavy atom. The minimum Gasteiger partial charge on any atom is -0.340 e. The molecule has 0 aliphatic heterocycles. The summed E-state index contributed by atoms with van der Waals surface area (Å²) in [7, 11) is 1.68. The molecule has 5 heteroatoms. The molecule has 0 N–H and O–H groups in total. The molecule has 2 rings (SSSR count). The molecule has 1 aromatic heterocycles. The van der Waals surface area contributed by atoms with Gasteiger partial charge in [-0.05, 0) is 24.3 Å². The Labute approximate surface area is 135 Å². The second kappa shape index (κ2) is 7.63. The van der Waals surface area contributed by atoms with Gasteiger partial charge in [-0.15, -0.1) is 0 Å². The first-order valence-electron chi connectivity index (χ1n) is 7.41. The molecule has 4 nitrogen and oxygen atoms in total. The number of aromatic nitrogens is 1. The third-order valence-electron chi connectivity index (χ3n) is 3.56. The van der Waals surface area contributed by atoms with E-state index in [4.69, 9.17) is 0 Å². The molecule has 0 fully saturated rings. The smallest absolute Gasteiger partial charge is 0.225 e. The zero-order valence-corrected chi connectivity index (χ0v) is 13.2. The van der Waals surface area contributed by atoms with Gasteiger partial charge in [-0.2, -0.15) is 0 Å². The van der Waals surface area contributed by atoms with Crippen LogP contribution in [-0.2, 0) is 11.3 Å². The summed E-state index contributed by atoms with van der Waals surface area (Å²) in [6.45, 7) is 2.09. The number of hydrogen-bond acceptors (Lipinski definition) is 3. The molecule has 0 saturated heterocycles. The van der Waals surface area contributed by atoms with E-state index in [9.17, 15) is 14.0 Å². The van der Waals surface area contributed by atoms with E-state index in [0.29, 0.717) is 6.54 Å². The SMILES string of the molecule is CC(CC(=O)c1cccc(F)c1)C(=O)N(C)Cc1ccccn1. The van der Waals surface area contributed by atoms with E-state index in [1.54, 1.807) is 31.1 Å². The minimum absolute atomic E-state index is 0.0504. The van der Waals surface area contributed by atoms with Gasteiger partial charge in [-0.1, -0.05) is 25.1 Å². The van der Waals surface area contributed by atoms with Crippen LogP contribution in [-0.4, -0.2) is 28.6 Å². The van der Waals surface area contributed by atoms with Gasteiger partial charge in [0.1, 0.15) is 5.82 Å². The molecule has 0 spiro atoms. The molecule has 1 aromatic carbocycles. The van der Waals surface area contributed by atoms with Gasteiger partial charge in [0.2, 0.25) is 5.91 Å². The number of benzene rings is 1. The lowest BCUT2D eigenvalue weighted by atomic mass is 9.98. The third-order valence-corrected chi connectivity index (χ3v) is 3.56. The lowest BCUT2D eigenvalue weighted by Gasteiger charge is -2.20. The van der Waals surface area contributed by atoms with Crippen LogP contribution in [0.1, 0.15) is 29.4 Å². The quantitative estimate of drug-likeness (QED) is 0.770. The van der Waals surface area contributed by atoms with Gasteiger partial charge < -0.3 is 4.90 Å². The normalized spacial score (nSPS) is 11.8. The molecule has 2 aromatic rings. The predicted molar refractivity (Wildman–Crippen MR) is 85.2 cm³/mol. The Morgan fingerprint density at radius 3 is 2.65 bits per heavy atom. The van der Waals surface area contributed by atoms with Crippen molar-refractivity contribution < 1.29 is 14.0 Å². The first-order chi connectivity index (χ1) is 11.0. The number of hydrogen-bond donors (Lipinski definition) is 0. The van der Waals surface area contributed by atoms with Crippen LogP contribution in [0.2, 0.25) is 0 Å². The highest BCUT2D eigenvalue weighted by atomic mass is 19.1. The van der Waals surface area contributed by atoms with Crippen molar-refractivity contribution in [1.29, 1.82) is 0 Å². The summed E-state index contributed by atoms with van der Waals surface area (Å²) < 4.78 is 13.2. The highest BCUT2D eigenvalue weighted by Gasteiger charge is 2.21. The third kappa shape index (κ3) is 4.71. The number of amides is 1. The number of rotatable bonds is 6. The Kier molecular flexibility index (Phi) is 5.57. The van der Waals surface area contributed by atoms with Gasteiger partial charge >= 0.3 is 0 Å². The number of carbonyl (C=O) groups excluding carboxylic acids is 2. The molecule has 0 bridgehead atoms. The molecular formula is C18H19FN2O2. The Hall–Kier alpha value is -2.56. The Morgan fingerprint density at radius 1 is 1.22 bits per heavy atom. The van der Waals surface area contributed by atoms with Crippen LogP contribution >= 0.6 is 0 Å². The number of nitrogens with zero attached hydrogens (tertiary/aromatic N) is 2. The van der Waals surface area contributed by atoms with Crippen LogP contribution in [0, 0.1) is 11.7 Å². The maximum absolute atomic E-state index is 13.2. The van der Waals surface area contributed by atoms with Crippen LogP contribution in [0.5, 0.6) is 0 Å². The number of halogens is 1. The summed E-state index contributed by atoms with van der Waals surface area (Å²) in [6, 6.07) is 11.0. The molecule has 1 amide bonds. The lowest BCUT2D eigenvalue weighted by Crippen LogP contribution is -2.32. The van der Waals surface area contributed by atoms with Gasteiger partial charge in [0, 0.05) is 31.1 Å². The molecule has 0 aliphatic carbocycles. The van der Waals surface area contributed by atoms with E-state index in [0.717, 1.165) is 5.69 Å². The van der Waals surface area contributed by atoms with Crippen LogP contribution in [0.4, 0.5) is 4.39 Å². The first-order valence-corrected chi connectivity index (χ1v) is 7.41. The Bertz CT molecular complexity index is 688. The molecule has 1 heterocycles. The van der Waals surface area contributed by atoms with Crippen molar-refractivity contribution in [2.45, 2.75) is 19.9 Å². The minimum atomic E-state index is -0.473. The van der Waals surface area contributed by atoms with Crippen molar-refractivity contribution in [2.75, 3.05) is 7.05 Å². The lowest BCUT2D eigenvalue weighted by molar-refractivity contribution is -0.134. The van der Waals surface area contributed by atoms with Gasteiger partial charge in [-0.3, -0.25) is 14.6 Å². The second-order valence-electron chi connectivity index (χ2n) is 5.55. The fourth-order valence-corrected chi connectivity index (χ4v) is 2.33. The number of pyridine rings is 1. The Balaban J connectivity index is 1.95. The van der Waals surface area contributed by atoms with Crippen molar-refractivity contribution in [1.82, 2.24) is 9.88 Å². The van der Waals surface area contributed by atoms with Gasteiger partial charge in [-0.25, -0.2) is 4.39 Å². The van der Waals surface area contributed by atoms with Crippen molar-refractivity contribution in [3.05, 3.63) is 65.7 Å². The number of carbonyl (C=O) groups is 2. The average Bonchev–Trinajstić information content (AvgIpc) is 2.54. The molecule has 0 aliphatic rings. The van der Waals surface area contributed by atoms with E-state index in [-0.39, 0.29) is 23.7 Å². The van der Waals surface area contributed by atoms with E-state index >= 15 is 0 Å². The van der Waals surface area contributed by atoms with Crippen molar-refractivity contribution in [2.24, 2.45) is 5.92 Å². The van der Waals surface area contributed by atoms with Gasteiger partial charge in [0.05, 0.1) is 12.2 Å². The van der Waals surface area contributed by atoms with Crippen LogP contribution < -0.4 is 0 Å². The van der Waals surface area contributed by atoms with Crippen molar-refractivity contribution in [3.8, 4) is 0 Å². The van der Waals surface area contributed by atoms with E-state index < -0.39 is 11.7 Å². The van der Waals surface area contributed by atoms with Crippen LogP contribution in [0.3, 0.4) is 0 Å². The predicted octanol–water partition coefficient (Wildman–Crippen LogP) is 3.09. The molecular weight excluding hydrogens is 295 g/mol. The topological polar surface area (TPSA) is 50.3 Å². The van der Waals surface area contributed by atoms with Gasteiger partial charge in [0.15, 0.2) is 5.78 Å². The van der Waals surface area contributed by atoms with E-state index in [1.807, 2.05) is 18.2 Å². The fourth-order valence-electron chi connectivity index (χ4n) is 2.33. The fraction of sp³-hybridized carbons (Fsp3) is 0.278. The zero-order valence-electron chi connectivity index (χ0n) is 13.2. The summed E-state index contributed by atoms with van der Waals surface area (Å²) in [5.41, 5.74) is 1.07. The molecule has 1 atom stereocenters. The number of ketones is 1. The maximum Gasteiger partial charge on any atom is 0.225 e. The summed E-state index contributed by atoms with van der Waals surface area (Å²) in [5.74, 6) is -1.31. The first kappa shape index (κ1) is 16.8. The summed E-state index contributed by atoms with van der Waals surface area (Å²) in [4.78, 5) is 30.2. The second-order valence-corrected chi connectivity index (χ2v) is 5.55. The van der Waals surface area contributed by atoms with E-state index in [2.05, 4.69) is 4.98 Å². The molecule has 0 radical (unpaired) electrons. The average molecular weight is 314 g/mol.